The van der Waals surface area contributed by atoms with Gasteiger partial charge in [0.05, 0.1) is 17.0 Å². The monoisotopic (exact) mass is 389 g/mol. The lowest BCUT2D eigenvalue weighted by Gasteiger charge is -2.26. The normalized spacial score (nSPS) is 13.3. The van der Waals surface area contributed by atoms with Gasteiger partial charge in [0.2, 0.25) is 0 Å². The number of nitrogens with zero attached hydrogens (tertiary/aromatic N) is 4. The van der Waals surface area contributed by atoms with Crippen molar-refractivity contribution in [2.75, 3.05) is 6.61 Å². The fourth-order valence-electron chi connectivity index (χ4n) is 3.50. The average Bonchev–Trinajstić information content (AvgIpc) is 2.66. The summed E-state index contributed by atoms with van der Waals surface area (Å²) in [6.07, 6.45) is 2.55. The van der Waals surface area contributed by atoms with Crippen LogP contribution >= 0.6 is 0 Å². The first kappa shape index (κ1) is 20.7. The summed E-state index contributed by atoms with van der Waals surface area (Å²) in [5, 5.41) is 9.66. The predicted molar refractivity (Wildman–Crippen MR) is 115 cm³/mol. The molecule has 0 aliphatic heterocycles. The van der Waals surface area contributed by atoms with Crippen molar-refractivity contribution in [2.24, 2.45) is 11.7 Å². The Kier molecular flexibility index (Phi) is 5.81. The lowest BCUT2D eigenvalue weighted by Crippen LogP contribution is -2.43. The zero-order valence-electron chi connectivity index (χ0n) is 17.7. The molecule has 6 heteroatoms. The highest BCUT2D eigenvalue weighted by Crippen LogP contribution is 2.30. The first-order chi connectivity index (χ1) is 13.7. The van der Waals surface area contributed by atoms with Gasteiger partial charge in [-0.1, -0.05) is 19.9 Å². The molecule has 6 nitrogen and oxygen atoms in total. The number of hydrogen-bond acceptors (Lipinski definition) is 6. The Balaban J connectivity index is 1.95. The predicted octanol–water partition coefficient (Wildman–Crippen LogP) is 4.32. The number of nitriles is 1. The second-order valence-electron chi connectivity index (χ2n) is 8.29. The van der Waals surface area contributed by atoms with E-state index in [1.807, 2.05) is 45.0 Å². The third kappa shape index (κ3) is 4.69. The molecular formula is C23H27N5O. The van der Waals surface area contributed by atoms with E-state index in [2.05, 4.69) is 34.9 Å². The Hall–Kier alpha value is -3.04. The van der Waals surface area contributed by atoms with Gasteiger partial charge in [-0.3, -0.25) is 0 Å². The van der Waals surface area contributed by atoms with E-state index in [0.29, 0.717) is 29.5 Å². The number of aryl methyl sites for hydroxylation is 2. The number of aromatic nitrogens is 3. The number of hydrogen-bond donors (Lipinski definition) is 1. The first-order valence-electron chi connectivity index (χ1n) is 9.76. The van der Waals surface area contributed by atoms with Gasteiger partial charge in [-0.2, -0.15) is 5.26 Å². The topological polar surface area (TPSA) is 97.7 Å². The van der Waals surface area contributed by atoms with Gasteiger partial charge >= 0.3 is 0 Å². The second-order valence-corrected chi connectivity index (χ2v) is 8.29. The zero-order chi connectivity index (χ0) is 21.2. The van der Waals surface area contributed by atoms with Gasteiger partial charge in [0.1, 0.15) is 23.9 Å². The number of benzene rings is 1. The van der Waals surface area contributed by atoms with Crippen LogP contribution < -0.4 is 10.5 Å². The van der Waals surface area contributed by atoms with Gasteiger partial charge in [0, 0.05) is 17.3 Å². The summed E-state index contributed by atoms with van der Waals surface area (Å²) in [5.74, 6) is 1.01. The molecule has 1 aromatic carbocycles. The first-order valence-corrected chi connectivity index (χ1v) is 9.76. The van der Waals surface area contributed by atoms with Gasteiger partial charge in [-0.15, -0.1) is 0 Å². The Morgan fingerprint density at radius 2 is 1.90 bits per heavy atom. The third-order valence-electron chi connectivity index (χ3n) is 4.82. The number of nitrogens with two attached hydrogens (primary N) is 1. The molecule has 3 rings (SSSR count). The number of rotatable bonds is 6. The maximum Gasteiger partial charge on any atom is 0.179 e. The molecule has 0 unspecified atom stereocenters. The van der Waals surface area contributed by atoms with E-state index in [9.17, 15) is 5.26 Å². The molecule has 3 aromatic rings. The van der Waals surface area contributed by atoms with Crippen LogP contribution in [0, 0.1) is 31.1 Å². The largest absolute Gasteiger partial charge is 0.490 e. The summed E-state index contributed by atoms with van der Waals surface area (Å²) >= 11 is 0. The van der Waals surface area contributed by atoms with Crippen molar-refractivity contribution in [3.8, 4) is 22.9 Å². The highest BCUT2D eigenvalue weighted by Gasteiger charge is 2.22. The van der Waals surface area contributed by atoms with E-state index in [-0.39, 0.29) is 0 Å². The van der Waals surface area contributed by atoms with Crippen molar-refractivity contribution < 1.29 is 4.74 Å². The lowest BCUT2D eigenvalue weighted by atomic mass is 9.93. The van der Waals surface area contributed by atoms with Crippen LogP contribution in [0.5, 0.6) is 5.75 Å². The molecule has 0 aliphatic carbocycles. The summed E-state index contributed by atoms with van der Waals surface area (Å²) in [6.45, 7) is 10.4. The molecule has 2 heterocycles. The molecule has 1 atom stereocenters. The van der Waals surface area contributed by atoms with E-state index in [1.165, 1.54) is 0 Å². The van der Waals surface area contributed by atoms with Gasteiger partial charge in [-0.05, 0) is 56.9 Å². The maximum atomic E-state index is 9.66. The average molecular weight is 390 g/mol. The van der Waals surface area contributed by atoms with E-state index >= 15 is 0 Å². The quantitative estimate of drug-likeness (QED) is 0.674. The molecule has 0 aliphatic rings. The molecule has 29 heavy (non-hydrogen) atoms. The summed E-state index contributed by atoms with van der Waals surface area (Å²) in [5.41, 5.74) is 11.1. The van der Waals surface area contributed by atoms with E-state index in [4.69, 9.17) is 10.5 Å². The molecule has 0 radical (unpaired) electrons. The van der Waals surface area contributed by atoms with Gasteiger partial charge in [-0.25, -0.2) is 15.0 Å². The molecule has 0 saturated carbocycles. The molecule has 0 bridgehead atoms. The van der Waals surface area contributed by atoms with Crippen molar-refractivity contribution in [1.82, 2.24) is 15.0 Å². The standard InChI is InChI=1S/C23H27N5O/c1-14(2)11-23(5,25)13-29-20-7-6-17(10-18(20)12-24)19-8-9-26-22-21(19)27-15(3)16(4)28-22/h6-10,14H,11,13,25H2,1-5H3/t23-/m0/s1. The van der Waals surface area contributed by atoms with Crippen LogP contribution in [0.2, 0.25) is 0 Å². The molecule has 150 valence electrons. The SMILES string of the molecule is Cc1nc2nccc(-c3ccc(OC[C@@](C)(N)CC(C)C)c(C#N)c3)c2nc1C. The van der Waals surface area contributed by atoms with Crippen LogP contribution in [0.25, 0.3) is 22.3 Å². The maximum absolute atomic E-state index is 9.66. The molecule has 0 amide bonds. The van der Waals surface area contributed by atoms with E-state index in [1.54, 1.807) is 6.20 Å². The fourth-order valence-corrected chi connectivity index (χ4v) is 3.50. The van der Waals surface area contributed by atoms with Crippen LogP contribution in [-0.4, -0.2) is 27.1 Å². The van der Waals surface area contributed by atoms with Crippen molar-refractivity contribution in [2.45, 2.75) is 46.6 Å². The Morgan fingerprint density at radius 3 is 2.59 bits per heavy atom. The molecule has 2 N–H and O–H groups in total. The van der Waals surface area contributed by atoms with Crippen molar-refractivity contribution in [1.29, 1.82) is 5.26 Å². The minimum absolute atomic E-state index is 0.349. The smallest absolute Gasteiger partial charge is 0.179 e. The Labute approximate surface area is 171 Å². The number of pyridine rings is 1. The summed E-state index contributed by atoms with van der Waals surface area (Å²) in [7, 11) is 0. The van der Waals surface area contributed by atoms with Crippen LogP contribution in [0.3, 0.4) is 0 Å². The Morgan fingerprint density at radius 1 is 1.17 bits per heavy atom. The van der Waals surface area contributed by atoms with Crippen LogP contribution in [-0.2, 0) is 0 Å². The lowest BCUT2D eigenvalue weighted by molar-refractivity contribution is 0.206. The highest BCUT2D eigenvalue weighted by atomic mass is 16.5. The van der Waals surface area contributed by atoms with Gasteiger partial charge < -0.3 is 10.5 Å². The van der Waals surface area contributed by atoms with Crippen molar-refractivity contribution in [3.05, 3.63) is 47.4 Å². The molecular weight excluding hydrogens is 362 g/mol. The minimum Gasteiger partial charge on any atom is -0.490 e. The van der Waals surface area contributed by atoms with Gasteiger partial charge in [0.15, 0.2) is 5.65 Å². The third-order valence-corrected chi connectivity index (χ3v) is 4.82. The van der Waals surface area contributed by atoms with Crippen LogP contribution in [0.1, 0.15) is 44.1 Å². The zero-order valence-corrected chi connectivity index (χ0v) is 17.7. The molecule has 0 spiro atoms. The van der Waals surface area contributed by atoms with Crippen molar-refractivity contribution in [3.63, 3.8) is 0 Å². The minimum atomic E-state index is -0.453. The van der Waals surface area contributed by atoms with Crippen LogP contribution in [0.15, 0.2) is 30.5 Å². The summed E-state index contributed by atoms with van der Waals surface area (Å²) in [4.78, 5) is 13.5. The second kappa shape index (κ2) is 8.14. The summed E-state index contributed by atoms with van der Waals surface area (Å²) < 4.78 is 5.92. The Bertz CT molecular complexity index is 1080. The van der Waals surface area contributed by atoms with E-state index in [0.717, 1.165) is 34.5 Å². The number of fused-ring (bicyclic) bond motifs is 1. The van der Waals surface area contributed by atoms with E-state index < -0.39 is 5.54 Å². The van der Waals surface area contributed by atoms with Gasteiger partial charge in [0.25, 0.3) is 0 Å². The summed E-state index contributed by atoms with van der Waals surface area (Å²) in [6, 6.07) is 9.69. The molecule has 2 aromatic heterocycles. The van der Waals surface area contributed by atoms with Crippen LogP contribution in [0.4, 0.5) is 0 Å². The fraction of sp³-hybridized carbons (Fsp3) is 0.391. The number of ether oxygens (including phenoxy) is 1. The highest BCUT2D eigenvalue weighted by molar-refractivity contribution is 5.89. The van der Waals surface area contributed by atoms with Crippen molar-refractivity contribution >= 4 is 11.2 Å². The molecule has 0 fully saturated rings. The molecule has 0 saturated heterocycles.